The Morgan fingerprint density at radius 3 is 2.80 bits per heavy atom. The van der Waals surface area contributed by atoms with Crippen molar-refractivity contribution in [1.82, 2.24) is 4.90 Å². The minimum absolute atomic E-state index is 0.279. The smallest absolute Gasteiger partial charge is 0.227 e. The lowest BCUT2D eigenvalue weighted by Gasteiger charge is -2.25. The third kappa shape index (κ3) is 3.10. The third-order valence-electron chi connectivity index (χ3n) is 3.95. The van der Waals surface area contributed by atoms with E-state index in [9.17, 15) is 4.79 Å². The van der Waals surface area contributed by atoms with Crippen LogP contribution in [0.25, 0.3) is 0 Å². The minimum atomic E-state index is 0.279. The number of hydrogen-bond acceptors (Lipinski definition) is 2. The van der Waals surface area contributed by atoms with Gasteiger partial charge in [-0.25, -0.2) is 0 Å². The van der Waals surface area contributed by atoms with Crippen LogP contribution in [0.5, 0.6) is 0 Å². The van der Waals surface area contributed by atoms with Crippen molar-refractivity contribution in [1.29, 1.82) is 0 Å². The Labute approximate surface area is 124 Å². The van der Waals surface area contributed by atoms with Gasteiger partial charge in [0.1, 0.15) is 0 Å². The lowest BCUT2D eigenvalue weighted by atomic mass is 10.0. The molecule has 1 aromatic carbocycles. The van der Waals surface area contributed by atoms with Crippen molar-refractivity contribution in [2.75, 3.05) is 6.54 Å². The summed E-state index contributed by atoms with van der Waals surface area (Å²) in [5, 5.41) is 4.11. The molecule has 0 N–H and O–H groups in total. The van der Waals surface area contributed by atoms with Gasteiger partial charge in [-0.05, 0) is 47.2 Å². The first-order chi connectivity index (χ1) is 9.83. The monoisotopic (exact) mass is 285 g/mol. The normalized spacial score (nSPS) is 18.4. The average Bonchev–Trinajstić information content (AvgIpc) is 3.11. The Kier molecular flexibility index (Phi) is 4.16. The molecule has 3 heteroatoms. The van der Waals surface area contributed by atoms with Crippen molar-refractivity contribution in [3.63, 3.8) is 0 Å². The van der Waals surface area contributed by atoms with Gasteiger partial charge in [-0.1, -0.05) is 30.3 Å². The molecule has 1 aliphatic heterocycles. The van der Waals surface area contributed by atoms with Crippen LogP contribution in [0.1, 0.15) is 24.0 Å². The highest BCUT2D eigenvalue weighted by atomic mass is 32.1. The lowest BCUT2D eigenvalue weighted by molar-refractivity contribution is -0.131. The van der Waals surface area contributed by atoms with Crippen LogP contribution in [0.4, 0.5) is 0 Å². The van der Waals surface area contributed by atoms with E-state index in [0.717, 1.165) is 31.4 Å². The lowest BCUT2D eigenvalue weighted by Crippen LogP contribution is -2.37. The second-order valence-electron chi connectivity index (χ2n) is 5.38. The summed E-state index contributed by atoms with van der Waals surface area (Å²) in [7, 11) is 0. The molecule has 1 aliphatic rings. The van der Waals surface area contributed by atoms with E-state index in [-0.39, 0.29) is 5.91 Å². The topological polar surface area (TPSA) is 20.3 Å². The fourth-order valence-corrected chi connectivity index (χ4v) is 3.60. The SMILES string of the molecule is O=C(Cc1ccsc1)N1CCCC1Cc1ccccc1. The Morgan fingerprint density at radius 1 is 1.20 bits per heavy atom. The summed E-state index contributed by atoms with van der Waals surface area (Å²) >= 11 is 1.66. The molecule has 0 spiro atoms. The highest BCUT2D eigenvalue weighted by molar-refractivity contribution is 7.07. The largest absolute Gasteiger partial charge is 0.339 e. The molecule has 2 heterocycles. The third-order valence-corrected chi connectivity index (χ3v) is 4.68. The van der Waals surface area contributed by atoms with Crippen LogP contribution in [-0.4, -0.2) is 23.4 Å². The van der Waals surface area contributed by atoms with Crippen LogP contribution >= 0.6 is 11.3 Å². The summed E-state index contributed by atoms with van der Waals surface area (Å²) in [6.45, 7) is 0.917. The van der Waals surface area contributed by atoms with E-state index >= 15 is 0 Å². The summed E-state index contributed by atoms with van der Waals surface area (Å²) in [4.78, 5) is 14.5. The van der Waals surface area contributed by atoms with Crippen molar-refractivity contribution in [3.8, 4) is 0 Å². The van der Waals surface area contributed by atoms with Gasteiger partial charge in [0.2, 0.25) is 5.91 Å². The number of benzene rings is 1. The average molecular weight is 285 g/mol. The molecule has 1 saturated heterocycles. The molecule has 0 saturated carbocycles. The van der Waals surface area contributed by atoms with Crippen molar-refractivity contribution >= 4 is 17.2 Å². The molecule has 1 fully saturated rings. The van der Waals surface area contributed by atoms with Gasteiger partial charge in [0.15, 0.2) is 0 Å². The van der Waals surface area contributed by atoms with E-state index in [4.69, 9.17) is 0 Å². The molecule has 1 atom stereocenters. The molecule has 2 nitrogen and oxygen atoms in total. The number of nitrogens with zero attached hydrogens (tertiary/aromatic N) is 1. The van der Waals surface area contributed by atoms with Gasteiger partial charge in [0, 0.05) is 12.6 Å². The second-order valence-corrected chi connectivity index (χ2v) is 6.16. The minimum Gasteiger partial charge on any atom is -0.339 e. The van der Waals surface area contributed by atoms with Crippen LogP contribution < -0.4 is 0 Å². The first-order valence-corrected chi connectivity index (χ1v) is 8.11. The molecule has 0 radical (unpaired) electrons. The van der Waals surface area contributed by atoms with E-state index in [1.807, 2.05) is 17.5 Å². The molecular formula is C17H19NOS. The number of thiophene rings is 1. The van der Waals surface area contributed by atoms with Gasteiger partial charge in [0.05, 0.1) is 6.42 Å². The zero-order valence-corrected chi connectivity index (χ0v) is 12.3. The maximum Gasteiger partial charge on any atom is 0.227 e. The summed E-state index contributed by atoms with van der Waals surface area (Å²) in [5.41, 5.74) is 2.47. The molecule has 1 aromatic heterocycles. The number of likely N-dealkylation sites (tertiary alicyclic amines) is 1. The number of rotatable bonds is 4. The van der Waals surface area contributed by atoms with Crippen molar-refractivity contribution in [2.45, 2.75) is 31.7 Å². The molecule has 1 unspecified atom stereocenters. The van der Waals surface area contributed by atoms with Crippen LogP contribution in [0.3, 0.4) is 0 Å². The van der Waals surface area contributed by atoms with Crippen molar-refractivity contribution in [3.05, 3.63) is 58.3 Å². The maximum absolute atomic E-state index is 12.4. The molecule has 3 rings (SSSR count). The van der Waals surface area contributed by atoms with E-state index in [0.29, 0.717) is 12.5 Å². The van der Waals surface area contributed by atoms with E-state index in [1.165, 1.54) is 5.56 Å². The predicted molar refractivity (Wildman–Crippen MR) is 82.9 cm³/mol. The molecular weight excluding hydrogens is 266 g/mol. The molecule has 2 aromatic rings. The number of carbonyl (C=O) groups excluding carboxylic acids is 1. The fourth-order valence-electron chi connectivity index (χ4n) is 2.93. The van der Waals surface area contributed by atoms with E-state index in [2.05, 4.69) is 34.5 Å². The quantitative estimate of drug-likeness (QED) is 0.841. The van der Waals surface area contributed by atoms with Crippen LogP contribution in [0.2, 0.25) is 0 Å². The molecule has 1 amide bonds. The highest BCUT2D eigenvalue weighted by Crippen LogP contribution is 2.22. The summed E-state index contributed by atoms with van der Waals surface area (Å²) < 4.78 is 0. The van der Waals surface area contributed by atoms with Gasteiger partial charge >= 0.3 is 0 Å². The van der Waals surface area contributed by atoms with Crippen LogP contribution in [0, 0.1) is 0 Å². The van der Waals surface area contributed by atoms with Gasteiger partial charge in [-0.2, -0.15) is 11.3 Å². The van der Waals surface area contributed by atoms with Crippen LogP contribution in [-0.2, 0) is 17.6 Å². The second kappa shape index (κ2) is 6.23. The van der Waals surface area contributed by atoms with Crippen molar-refractivity contribution in [2.24, 2.45) is 0 Å². The Hall–Kier alpha value is -1.61. The Morgan fingerprint density at radius 2 is 2.05 bits per heavy atom. The number of carbonyl (C=O) groups is 1. The summed E-state index contributed by atoms with van der Waals surface area (Å²) in [5.74, 6) is 0.279. The Balaban J connectivity index is 1.64. The number of hydrogen-bond donors (Lipinski definition) is 0. The summed E-state index contributed by atoms with van der Waals surface area (Å²) in [6.07, 6.45) is 3.79. The first kappa shape index (κ1) is 13.4. The standard InChI is InChI=1S/C17H19NOS/c19-17(12-15-8-10-20-13-15)18-9-4-7-16(18)11-14-5-2-1-3-6-14/h1-3,5-6,8,10,13,16H,4,7,9,11-12H2. The molecule has 20 heavy (non-hydrogen) atoms. The van der Waals surface area contributed by atoms with E-state index in [1.54, 1.807) is 11.3 Å². The highest BCUT2D eigenvalue weighted by Gasteiger charge is 2.28. The molecule has 0 aliphatic carbocycles. The molecule has 0 bridgehead atoms. The van der Waals surface area contributed by atoms with Gasteiger partial charge < -0.3 is 4.90 Å². The first-order valence-electron chi connectivity index (χ1n) is 7.17. The zero-order chi connectivity index (χ0) is 13.8. The fraction of sp³-hybridized carbons (Fsp3) is 0.353. The Bertz CT molecular complexity index is 550. The molecule has 104 valence electrons. The maximum atomic E-state index is 12.4. The van der Waals surface area contributed by atoms with Crippen LogP contribution in [0.15, 0.2) is 47.2 Å². The van der Waals surface area contributed by atoms with Gasteiger partial charge in [-0.15, -0.1) is 0 Å². The van der Waals surface area contributed by atoms with E-state index < -0.39 is 0 Å². The van der Waals surface area contributed by atoms with Gasteiger partial charge in [-0.3, -0.25) is 4.79 Å². The summed E-state index contributed by atoms with van der Waals surface area (Å²) in [6, 6.07) is 12.9. The van der Waals surface area contributed by atoms with Gasteiger partial charge in [0.25, 0.3) is 0 Å². The predicted octanol–water partition coefficient (Wildman–Crippen LogP) is 3.52. The van der Waals surface area contributed by atoms with Crippen molar-refractivity contribution < 1.29 is 4.79 Å². The zero-order valence-electron chi connectivity index (χ0n) is 11.5. The number of amides is 1.